The van der Waals surface area contributed by atoms with Crippen molar-refractivity contribution in [3.8, 4) is 6.07 Å². The highest BCUT2D eigenvalue weighted by atomic mass is 35.5. The first kappa shape index (κ1) is 11.8. The highest BCUT2D eigenvalue weighted by Gasteiger charge is 2.36. The summed E-state index contributed by atoms with van der Waals surface area (Å²) < 4.78 is 5.77. The van der Waals surface area contributed by atoms with Crippen molar-refractivity contribution in [2.75, 3.05) is 18.1 Å². The number of hydrogen-bond acceptors (Lipinski definition) is 4. The van der Waals surface area contributed by atoms with Crippen LogP contribution < -0.4 is 4.90 Å². The van der Waals surface area contributed by atoms with Gasteiger partial charge in [-0.1, -0.05) is 11.6 Å². The van der Waals surface area contributed by atoms with Gasteiger partial charge in [0.15, 0.2) is 0 Å². The van der Waals surface area contributed by atoms with Crippen LogP contribution in [0.15, 0.2) is 12.1 Å². The molecule has 1 aromatic rings. The molecule has 94 valence electrons. The molecule has 1 aliphatic heterocycles. The number of fused-ring (bicyclic) bond motifs is 1. The van der Waals surface area contributed by atoms with Crippen LogP contribution in [-0.2, 0) is 4.74 Å². The van der Waals surface area contributed by atoms with Crippen molar-refractivity contribution in [3.63, 3.8) is 0 Å². The predicted octanol–water partition coefficient (Wildman–Crippen LogP) is 2.36. The van der Waals surface area contributed by atoms with Crippen LogP contribution in [-0.4, -0.2) is 30.3 Å². The summed E-state index contributed by atoms with van der Waals surface area (Å²) in [6.07, 6.45) is 3.75. The molecule has 4 nitrogen and oxygen atoms in total. The molecule has 1 aliphatic carbocycles. The molecule has 0 aromatic carbocycles. The number of anilines is 1. The number of morpholine rings is 1. The first-order chi connectivity index (χ1) is 8.78. The Morgan fingerprint density at radius 2 is 2.33 bits per heavy atom. The Labute approximate surface area is 111 Å². The van der Waals surface area contributed by atoms with Crippen LogP contribution >= 0.6 is 11.6 Å². The molecular weight excluding hydrogens is 250 g/mol. The molecule has 3 rings (SSSR count). The molecule has 2 aliphatic rings. The zero-order valence-electron chi connectivity index (χ0n) is 9.97. The van der Waals surface area contributed by atoms with Gasteiger partial charge in [-0.15, -0.1) is 0 Å². The van der Waals surface area contributed by atoms with E-state index in [0.29, 0.717) is 22.9 Å². The van der Waals surface area contributed by atoms with Crippen molar-refractivity contribution < 1.29 is 4.74 Å². The minimum atomic E-state index is 0.310. The maximum atomic E-state index is 8.99. The molecule has 0 spiro atoms. The van der Waals surface area contributed by atoms with E-state index >= 15 is 0 Å². The lowest BCUT2D eigenvalue weighted by Crippen LogP contribution is -2.49. The lowest BCUT2D eigenvalue weighted by molar-refractivity contribution is 0.0253. The van der Waals surface area contributed by atoms with Crippen LogP contribution in [0, 0.1) is 11.3 Å². The van der Waals surface area contributed by atoms with E-state index in [4.69, 9.17) is 21.6 Å². The third-order valence-electron chi connectivity index (χ3n) is 3.69. The second-order valence-electron chi connectivity index (χ2n) is 4.75. The predicted molar refractivity (Wildman–Crippen MR) is 68.7 cm³/mol. The maximum absolute atomic E-state index is 8.99. The molecule has 0 bridgehead atoms. The van der Waals surface area contributed by atoms with Gasteiger partial charge in [0.2, 0.25) is 0 Å². The zero-order chi connectivity index (χ0) is 12.5. The van der Waals surface area contributed by atoms with E-state index in [0.717, 1.165) is 31.8 Å². The summed E-state index contributed by atoms with van der Waals surface area (Å²) in [5.74, 6) is 0.805. The number of ether oxygens (including phenoxy) is 1. The van der Waals surface area contributed by atoms with E-state index in [-0.39, 0.29) is 0 Å². The summed E-state index contributed by atoms with van der Waals surface area (Å²) in [6.45, 7) is 1.54. The number of nitriles is 1. The van der Waals surface area contributed by atoms with E-state index in [1.807, 2.05) is 6.07 Å². The Hall–Kier alpha value is -1.31. The number of rotatable bonds is 1. The van der Waals surface area contributed by atoms with E-state index in [9.17, 15) is 0 Å². The molecule has 2 atom stereocenters. The third-order valence-corrected chi connectivity index (χ3v) is 3.88. The van der Waals surface area contributed by atoms with E-state index in [1.54, 1.807) is 6.07 Å². The second-order valence-corrected chi connectivity index (χ2v) is 5.14. The number of nitrogens with zero attached hydrogens (tertiary/aromatic N) is 3. The minimum absolute atomic E-state index is 0.310. The number of pyridine rings is 1. The van der Waals surface area contributed by atoms with Gasteiger partial charge < -0.3 is 9.64 Å². The van der Waals surface area contributed by atoms with Gasteiger partial charge in [0.1, 0.15) is 11.0 Å². The van der Waals surface area contributed by atoms with E-state index < -0.39 is 0 Å². The average Bonchev–Trinajstić information content (AvgIpc) is 2.85. The van der Waals surface area contributed by atoms with E-state index in [1.165, 1.54) is 6.42 Å². The molecule has 0 amide bonds. The van der Waals surface area contributed by atoms with Crippen molar-refractivity contribution in [2.45, 2.75) is 31.4 Å². The van der Waals surface area contributed by atoms with Gasteiger partial charge >= 0.3 is 0 Å². The Bertz CT molecular complexity index is 499. The Morgan fingerprint density at radius 1 is 1.44 bits per heavy atom. The van der Waals surface area contributed by atoms with Crippen molar-refractivity contribution in [1.82, 2.24) is 4.98 Å². The van der Waals surface area contributed by atoms with Gasteiger partial charge in [-0.25, -0.2) is 4.98 Å². The van der Waals surface area contributed by atoms with Crippen LogP contribution in [0.25, 0.3) is 0 Å². The third kappa shape index (κ3) is 2.05. The number of aromatic nitrogens is 1. The lowest BCUT2D eigenvalue weighted by Gasteiger charge is -2.38. The van der Waals surface area contributed by atoms with Gasteiger partial charge in [0.25, 0.3) is 0 Å². The first-order valence-electron chi connectivity index (χ1n) is 6.24. The number of halogens is 1. The SMILES string of the molecule is N#Cc1cc(Cl)nc(N2CCOC3CCCC32)c1. The topological polar surface area (TPSA) is 49.2 Å². The van der Waals surface area contributed by atoms with Crippen molar-refractivity contribution >= 4 is 17.4 Å². The summed E-state index contributed by atoms with van der Waals surface area (Å²) in [5, 5.41) is 9.37. The Balaban J connectivity index is 1.94. The molecule has 1 saturated carbocycles. The Morgan fingerprint density at radius 3 is 3.17 bits per heavy atom. The second kappa shape index (κ2) is 4.75. The molecule has 2 unspecified atom stereocenters. The molecule has 1 aromatic heterocycles. The summed E-state index contributed by atoms with van der Waals surface area (Å²) >= 11 is 5.97. The van der Waals surface area contributed by atoms with Gasteiger partial charge in [0.05, 0.1) is 30.4 Å². The summed E-state index contributed by atoms with van der Waals surface area (Å²) in [7, 11) is 0. The lowest BCUT2D eigenvalue weighted by atomic mass is 10.1. The molecule has 0 N–H and O–H groups in total. The largest absolute Gasteiger partial charge is 0.374 e. The van der Waals surface area contributed by atoms with Crippen molar-refractivity contribution in [3.05, 3.63) is 22.8 Å². The van der Waals surface area contributed by atoms with Gasteiger partial charge in [-0.2, -0.15) is 5.26 Å². The molecular formula is C13H14ClN3O. The normalized spacial score (nSPS) is 26.8. The Kier molecular flexibility index (Phi) is 3.11. The molecule has 5 heteroatoms. The van der Waals surface area contributed by atoms with Gasteiger partial charge in [-0.3, -0.25) is 0 Å². The standard InChI is InChI=1S/C13H14ClN3O/c14-12-6-9(8-15)7-13(16-12)17-4-5-18-11-3-1-2-10(11)17/h6-7,10-11H,1-5H2. The monoisotopic (exact) mass is 263 g/mol. The first-order valence-corrected chi connectivity index (χ1v) is 6.61. The molecule has 0 radical (unpaired) electrons. The van der Waals surface area contributed by atoms with Crippen molar-refractivity contribution in [2.24, 2.45) is 0 Å². The fourth-order valence-corrected chi connectivity index (χ4v) is 3.11. The smallest absolute Gasteiger partial charge is 0.132 e. The molecule has 2 fully saturated rings. The van der Waals surface area contributed by atoms with E-state index in [2.05, 4.69) is 16.0 Å². The van der Waals surface area contributed by atoms with Gasteiger partial charge in [-0.05, 0) is 31.4 Å². The maximum Gasteiger partial charge on any atom is 0.132 e. The average molecular weight is 264 g/mol. The quantitative estimate of drug-likeness (QED) is 0.730. The fraction of sp³-hybridized carbons (Fsp3) is 0.538. The summed E-state index contributed by atoms with van der Waals surface area (Å²) in [4.78, 5) is 6.59. The van der Waals surface area contributed by atoms with Crippen molar-refractivity contribution in [1.29, 1.82) is 5.26 Å². The minimum Gasteiger partial charge on any atom is -0.374 e. The fourth-order valence-electron chi connectivity index (χ4n) is 2.90. The highest BCUT2D eigenvalue weighted by Crippen LogP contribution is 2.33. The highest BCUT2D eigenvalue weighted by molar-refractivity contribution is 6.29. The summed E-state index contributed by atoms with van der Waals surface area (Å²) in [6, 6.07) is 5.92. The molecule has 2 heterocycles. The molecule has 18 heavy (non-hydrogen) atoms. The number of hydrogen-bond donors (Lipinski definition) is 0. The van der Waals surface area contributed by atoms with Crippen LogP contribution in [0.2, 0.25) is 5.15 Å². The molecule has 1 saturated heterocycles. The van der Waals surface area contributed by atoms with Crippen LogP contribution in [0.5, 0.6) is 0 Å². The van der Waals surface area contributed by atoms with Crippen LogP contribution in [0.3, 0.4) is 0 Å². The van der Waals surface area contributed by atoms with Crippen LogP contribution in [0.4, 0.5) is 5.82 Å². The zero-order valence-corrected chi connectivity index (χ0v) is 10.7. The van der Waals surface area contributed by atoms with Crippen LogP contribution in [0.1, 0.15) is 24.8 Å². The van der Waals surface area contributed by atoms with Gasteiger partial charge in [0, 0.05) is 6.54 Å². The summed E-state index contributed by atoms with van der Waals surface area (Å²) in [5.41, 5.74) is 0.561.